The number of hydrogen-bond donors (Lipinski definition) is 1. The number of carboxylic acids is 1. The van der Waals surface area contributed by atoms with E-state index in [1.807, 2.05) is 0 Å². The Kier molecular flexibility index (Phi) is 3.90. The van der Waals surface area contributed by atoms with E-state index in [9.17, 15) is 4.79 Å². The van der Waals surface area contributed by atoms with Gasteiger partial charge in [-0.1, -0.05) is 0 Å². The Morgan fingerprint density at radius 3 is 2.33 bits per heavy atom. The van der Waals surface area contributed by atoms with E-state index in [1.54, 1.807) is 0 Å². The van der Waals surface area contributed by atoms with Crippen molar-refractivity contribution in [3.63, 3.8) is 0 Å². The zero-order chi connectivity index (χ0) is 7.28. The Bertz CT molecular complexity index is 170. The second-order valence-corrected chi connectivity index (χ2v) is 1.54. The van der Waals surface area contributed by atoms with Crippen molar-refractivity contribution in [2.24, 2.45) is 0 Å². The number of aliphatic carboxylic acids is 1. The summed E-state index contributed by atoms with van der Waals surface area (Å²) in [6, 6.07) is 0. The normalized spacial score (nSPS) is 10.7. The Balaban J connectivity index is 4.32. The van der Waals surface area contributed by atoms with Crippen LogP contribution in [-0.4, -0.2) is 16.1 Å². The van der Waals surface area contributed by atoms with Gasteiger partial charge in [0.05, 0.1) is 0 Å². The molecule has 0 atom stereocenters. The van der Waals surface area contributed by atoms with Crippen molar-refractivity contribution in [3.8, 4) is 0 Å². The number of carboxylic acid groups (broad SMARTS) is 1. The van der Waals surface area contributed by atoms with E-state index in [0.717, 1.165) is 4.99 Å². The second kappa shape index (κ2) is 4.22. The molecule has 2 nitrogen and oxygen atoms in total. The molecule has 52 valence electrons. The molecule has 1 N–H and O–H groups in total. The van der Waals surface area contributed by atoms with Gasteiger partial charge in [0, 0.05) is 0 Å². The second-order valence-electron chi connectivity index (χ2n) is 1.25. The van der Waals surface area contributed by atoms with Crippen LogP contribution >= 0.6 is 0 Å². The van der Waals surface area contributed by atoms with Gasteiger partial charge in [0.2, 0.25) is 0 Å². The van der Waals surface area contributed by atoms with Crippen LogP contribution in [0.4, 0.5) is 0 Å². The number of carbonyl (C=O) groups is 1. The molecular formula is C6H6NiO2. The molecule has 0 spiro atoms. The summed E-state index contributed by atoms with van der Waals surface area (Å²) < 4.78 is 0. The summed E-state index contributed by atoms with van der Waals surface area (Å²) in [4.78, 5) is 11.3. The summed E-state index contributed by atoms with van der Waals surface area (Å²) in [7, 11) is 0. The number of hydrogen-bond acceptors (Lipinski definition) is 1. The molecule has 0 unspecified atom stereocenters. The standard InChI is InChI=1S/C6H6O2.Ni/c1-3-4-5(2)6(7)8;/h2-4H,1H2,(H,7,8);/b5-4+;. The topological polar surface area (TPSA) is 37.3 Å². The van der Waals surface area contributed by atoms with E-state index in [4.69, 9.17) is 5.11 Å². The van der Waals surface area contributed by atoms with Crippen molar-refractivity contribution >= 4 is 11.0 Å². The van der Waals surface area contributed by atoms with Gasteiger partial charge in [0.25, 0.3) is 0 Å². The fraction of sp³-hybridized carbons (Fsp3) is 0. The van der Waals surface area contributed by atoms with Crippen LogP contribution in [0.2, 0.25) is 0 Å². The van der Waals surface area contributed by atoms with Crippen LogP contribution in [0.15, 0.2) is 24.3 Å². The number of rotatable bonds is 3. The molecule has 0 aromatic heterocycles. The number of allylic oxidation sites excluding steroid dienone is 2. The summed E-state index contributed by atoms with van der Waals surface area (Å²) in [6.45, 7) is 3.33. The first-order valence-electron chi connectivity index (χ1n) is 2.18. The van der Waals surface area contributed by atoms with Crippen LogP contribution in [0.5, 0.6) is 0 Å². The summed E-state index contributed by atoms with van der Waals surface area (Å²) in [5, 5.41) is 8.30. The van der Waals surface area contributed by atoms with Gasteiger partial charge in [0.1, 0.15) is 0 Å². The van der Waals surface area contributed by atoms with Crippen LogP contribution in [0.1, 0.15) is 0 Å². The monoisotopic (exact) mass is 168 g/mol. The van der Waals surface area contributed by atoms with E-state index in [0.29, 0.717) is 0 Å². The van der Waals surface area contributed by atoms with E-state index in [1.165, 1.54) is 12.2 Å². The SMILES string of the molecule is C=C/C=C(\[CH]=[Ni])C(=O)O. The predicted octanol–water partition coefficient (Wildman–Crippen LogP) is 0.532. The molecule has 0 saturated carbocycles. The first-order chi connectivity index (χ1) is 4.22. The fourth-order valence-corrected chi connectivity index (χ4v) is 0.485. The quantitative estimate of drug-likeness (QED) is 0.380. The van der Waals surface area contributed by atoms with Gasteiger partial charge in [-0.3, -0.25) is 0 Å². The van der Waals surface area contributed by atoms with Crippen molar-refractivity contribution in [1.29, 1.82) is 0 Å². The van der Waals surface area contributed by atoms with Gasteiger partial charge >= 0.3 is 60.2 Å². The Hall–Kier alpha value is -0.686. The maximum atomic E-state index is 10.1. The first kappa shape index (κ1) is 8.31. The molecule has 9 heavy (non-hydrogen) atoms. The van der Waals surface area contributed by atoms with Crippen molar-refractivity contribution in [2.45, 2.75) is 0 Å². The van der Waals surface area contributed by atoms with Crippen LogP contribution in [0.3, 0.4) is 0 Å². The van der Waals surface area contributed by atoms with Crippen LogP contribution < -0.4 is 0 Å². The summed E-state index contributed by atoms with van der Waals surface area (Å²) >= 11 is 4.12. The van der Waals surface area contributed by atoms with Gasteiger partial charge in [-0.25, -0.2) is 0 Å². The molecule has 0 aliphatic heterocycles. The van der Waals surface area contributed by atoms with Crippen molar-refractivity contribution in [3.05, 3.63) is 24.3 Å². The predicted molar refractivity (Wildman–Crippen MR) is 32.0 cm³/mol. The molecule has 0 aliphatic carbocycles. The van der Waals surface area contributed by atoms with Gasteiger partial charge in [0.15, 0.2) is 0 Å². The van der Waals surface area contributed by atoms with Crippen molar-refractivity contribution < 1.29 is 24.9 Å². The molecule has 0 bridgehead atoms. The van der Waals surface area contributed by atoms with E-state index in [-0.39, 0.29) is 5.57 Å². The van der Waals surface area contributed by atoms with Crippen molar-refractivity contribution in [1.82, 2.24) is 0 Å². The maximum absolute atomic E-state index is 10.1. The molecule has 0 amide bonds. The summed E-state index contributed by atoms with van der Waals surface area (Å²) in [5.74, 6) is -1.01. The van der Waals surface area contributed by atoms with Gasteiger partial charge in [-0.15, -0.1) is 0 Å². The first-order valence-corrected chi connectivity index (χ1v) is 2.75. The van der Waals surface area contributed by atoms with Gasteiger partial charge in [-0.2, -0.15) is 0 Å². The molecule has 0 aliphatic rings. The molecule has 0 fully saturated rings. The molecule has 0 heterocycles. The Labute approximate surface area is 60.8 Å². The fourth-order valence-electron chi connectivity index (χ4n) is 0.268. The summed E-state index contributed by atoms with van der Waals surface area (Å²) in [5.41, 5.74) is 0.102. The zero-order valence-corrected chi connectivity index (χ0v) is 5.60. The van der Waals surface area contributed by atoms with Crippen LogP contribution in [-0.2, 0) is 19.8 Å². The molecule has 0 aromatic rings. The average molecular weight is 169 g/mol. The van der Waals surface area contributed by atoms with Gasteiger partial charge < -0.3 is 0 Å². The average Bonchev–Trinajstić information content (AvgIpc) is 1.82. The van der Waals surface area contributed by atoms with E-state index < -0.39 is 5.97 Å². The van der Waals surface area contributed by atoms with Gasteiger partial charge in [-0.05, 0) is 0 Å². The van der Waals surface area contributed by atoms with Crippen molar-refractivity contribution in [2.75, 3.05) is 0 Å². The van der Waals surface area contributed by atoms with Crippen LogP contribution in [0.25, 0.3) is 0 Å². The van der Waals surface area contributed by atoms with E-state index in [2.05, 4.69) is 21.6 Å². The third-order valence-electron chi connectivity index (χ3n) is 0.643. The third-order valence-corrected chi connectivity index (χ3v) is 0.950. The Morgan fingerprint density at radius 2 is 2.22 bits per heavy atom. The molecular weight excluding hydrogens is 163 g/mol. The van der Waals surface area contributed by atoms with Crippen LogP contribution in [0, 0.1) is 0 Å². The summed E-state index contributed by atoms with van der Waals surface area (Å²) in [6.07, 6.45) is 2.74. The minimum absolute atomic E-state index is 0.102. The molecule has 0 saturated heterocycles. The zero-order valence-electron chi connectivity index (χ0n) is 4.61. The minimum atomic E-state index is -1.01. The molecule has 0 radical (unpaired) electrons. The molecule has 0 rings (SSSR count). The third kappa shape index (κ3) is 2.99. The molecule has 0 aromatic carbocycles. The Morgan fingerprint density at radius 1 is 1.67 bits per heavy atom. The molecule has 3 heteroatoms. The van der Waals surface area contributed by atoms with E-state index >= 15 is 0 Å².